The fraction of sp³-hybridized carbons (Fsp3) is 0.333. The Morgan fingerprint density at radius 3 is 2.81 bits per heavy atom. The summed E-state index contributed by atoms with van der Waals surface area (Å²) < 4.78 is 6.46. The number of hydrogen-bond donors (Lipinski definition) is 1. The van der Waals surface area contributed by atoms with Gasteiger partial charge in [0.1, 0.15) is 18.0 Å². The average molecular weight is 349 g/mol. The molecule has 1 N–H and O–H groups in total. The Bertz CT molecular complexity index is 602. The SMILES string of the molecule is Brc1ccccc1CNc1cc(N2CCOCC2)ncn1. The summed E-state index contributed by atoms with van der Waals surface area (Å²) in [5, 5.41) is 3.34. The monoisotopic (exact) mass is 348 g/mol. The summed E-state index contributed by atoms with van der Waals surface area (Å²) in [5.41, 5.74) is 1.20. The normalized spacial score (nSPS) is 15.0. The lowest BCUT2D eigenvalue weighted by molar-refractivity contribution is 0.122. The van der Waals surface area contributed by atoms with Gasteiger partial charge in [0.15, 0.2) is 0 Å². The van der Waals surface area contributed by atoms with Crippen molar-refractivity contribution >= 4 is 27.6 Å². The van der Waals surface area contributed by atoms with Gasteiger partial charge in [0, 0.05) is 30.2 Å². The van der Waals surface area contributed by atoms with E-state index in [-0.39, 0.29) is 0 Å². The largest absolute Gasteiger partial charge is 0.378 e. The maximum atomic E-state index is 5.36. The second-order valence-corrected chi connectivity index (χ2v) is 5.66. The van der Waals surface area contributed by atoms with E-state index in [4.69, 9.17) is 4.74 Å². The van der Waals surface area contributed by atoms with Crippen LogP contribution in [0.2, 0.25) is 0 Å². The van der Waals surface area contributed by atoms with Gasteiger partial charge in [-0.3, -0.25) is 0 Å². The number of rotatable bonds is 4. The highest BCUT2D eigenvalue weighted by molar-refractivity contribution is 9.10. The van der Waals surface area contributed by atoms with Crippen LogP contribution in [0.1, 0.15) is 5.56 Å². The fourth-order valence-electron chi connectivity index (χ4n) is 2.24. The summed E-state index contributed by atoms with van der Waals surface area (Å²) in [6.45, 7) is 3.98. The molecule has 110 valence electrons. The predicted molar refractivity (Wildman–Crippen MR) is 86.5 cm³/mol. The van der Waals surface area contributed by atoms with Gasteiger partial charge in [0.05, 0.1) is 13.2 Å². The van der Waals surface area contributed by atoms with E-state index < -0.39 is 0 Å². The molecule has 5 nitrogen and oxygen atoms in total. The van der Waals surface area contributed by atoms with E-state index in [0.717, 1.165) is 49.0 Å². The number of morpholine rings is 1. The lowest BCUT2D eigenvalue weighted by Gasteiger charge is -2.27. The molecule has 0 aliphatic carbocycles. The molecule has 0 spiro atoms. The maximum absolute atomic E-state index is 5.36. The lowest BCUT2D eigenvalue weighted by atomic mass is 10.2. The van der Waals surface area contributed by atoms with E-state index in [0.29, 0.717) is 0 Å². The minimum atomic E-state index is 0.723. The van der Waals surface area contributed by atoms with Gasteiger partial charge in [-0.1, -0.05) is 34.1 Å². The van der Waals surface area contributed by atoms with Gasteiger partial charge in [0.25, 0.3) is 0 Å². The molecule has 0 amide bonds. The zero-order chi connectivity index (χ0) is 14.5. The Hall–Kier alpha value is -1.66. The van der Waals surface area contributed by atoms with Gasteiger partial charge >= 0.3 is 0 Å². The van der Waals surface area contributed by atoms with Crippen molar-refractivity contribution in [2.45, 2.75) is 6.54 Å². The van der Waals surface area contributed by atoms with Crippen LogP contribution in [-0.2, 0) is 11.3 Å². The summed E-state index contributed by atoms with van der Waals surface area (Å²) in [6.07, 6.45) is 1.60. The topological polar surface area (TPSA) is 50.3 Å². The molecule has 1 aliphatic heterocycles. The Morgan fingerprint density at radius 1 is 1.19 bits per heavy atom. The number of nitrogens with zero attached hydrogens (tertiary/aromatic N) is 3. The Balaban J connectivity index is 1.67. The standard InChI is InChI=1S/C15H17BrN4O/c16-13-4-2-1-3-12(13)10-17-14-9-15(19-11-18-14)20-5-7-21-8-6-20/h1-4,9,11H,5-8,10H2,(H,17,18,19). The summed E-state index contributed by atoms with van der Waals surface area (Å²) in [6, 6.07) is 10.1. The Morgan fingerprint density at radius 2 is 2.00 bits per heavy atom. The predicted octanol–water partition coefficient (Wildman–Crippen LogP) is 2.69. The Labute approximate surface area is 132 Å². The molecule has 21 heavy (non-hydrogen) atoms. The molecule has 0 saturated carbocycles. The molecule has 3 rings (SSSR count). The number of nitrogens with one attached hydrogen (secondary N) is 1. The molecular weight excluding hydrogens is 332 g/mol. The third kappa shape index (κ3) is 3.71. The van der Waals surface area contributed by atoms with Gasteiger partial charge in [-0.25, -0.2) is 9.97 Å². The molecule has 2 aromatic rings. The van der Waals surface area contributed by atoms with Crippen molar-refractivity contribution in [3.63, 3.8) is 0 Å². The molecule has 0 atom stereocenters. The first-order valence-electron chi connectivity index (χ1n) is 6.95. The summed E-state index contributed by atoms with van der Waals surface area (Å²) in [4.78, 5) is 10.8. The molecular formula is C15H17BrN4O. The number of anilines is 2. The van der Waals surface area contributed by atoms with Crippen molar-refractivity contribution < 1.29 is 4.74 Å². The second-order valence-electron chi connectivity index (χ2n) is 4.81. The smallest absolute Gasteiger partial charge is 0.134 e. The van der Waals surface area contributed by atoms with Gasteiger partial charge in [-0.05, 0) is 11.6 Å². The van der Waals surface area contributed by atoms with E-state index >= 15 is 0 Å². The molecule has 1 aliphatic rings. The van der Waals surface area contributed by atoms with Crippen LogP contribution in [-0.4, -0.2) is 36.3 Å². The summed E-state index contributed by atoms with van der Waals surface area (Å²) in [5.74, 6) is 1.78. The summed E-state index contributed by atoms with van der Waals surface area (Å²) >= 11 is 3.55. The molecule has 1 fully saturated rings. The molecule has 6 heteroatoms. The number of aromatic nitrogens is 2. The first-order valence-corrected chi connectivity index (χ1v) is 7.74. The number of hydrogen-bond acceptors (Lipinski definition) is 5. The average Bonchev–Trinajstić information content (AvgIpc) is 2.55. The number of halogens is 1. The van der Waals surface area contributed by atoms with Gasteiger partial charge in [-0.15, -0.1) is 0 Å². The van der Waals surface area contributed by atoms with Crippen LogP contribution in [0.15, 0.2) is 41.1 Å². The zero-order valence-electron chi connectivity index (χ0n) is 11.6. The minimum Gasteiger partial charge on any atom is -0.378 e. The van der Waals surface area contributed by atoms with Crippen LogP contribution in [0.4, 0.5) is 11.6 Å². The van der Waals surface area contributed by atoms with E-state index in [1.165, 1.54) is 5.56 Å². The van der Waals surface area contributed by atoms with Crippen molar-refractivity contribution in [1.29, 1.82) is 0 Å². The van der Waals surface area contributed by atoms with Crippen molar-refractivity contribution in [2.75, 3.05) is 36.5 Å². The fourth-order valence-corrected chi connectivity index (χ4v) is 2.66. The number of ether oxygens (including phenoxy) is 1. The number of benzene rings is 1. The first kappa shape index (κ1) is 14.3. The van der Waals surface area contributed by atoms with Crippen LogP contribution in [0.3, 0.4) is 0 Å². The molecule has 0 bridgehead atoms. The van der Waals surface area contributed by atoms with Crippen LogP contribution in [0.25, 0.3) is 0 Å². The lowest BCUT2D eigenvalue weighted by Crippen LogP contribution is -2.36. The van der Waals surface area contributed by atoms with E-state index in [2.05, 4.69) is 42.2 Å². The van der Waals surface area contributed by atoms with Crippen LogP contribution < -0.4 is 10.2 Å². The maximum Gasteiger partial charge on any atom is 0.134 e. The minimum absolute atomic E-state index is 0.723. The summed E-state index contributed by atoms with van der Waals surface area (Å²) in [7, 11) is 0. The van der Waals surface area contributed by atoms with Gasteiger partial charge in [-0.2, -0.15) is 0 Å². The van der Waals surface area contributed by atoms with Crippen molar-refractivity contribution in [2.24, 2.45) is 0 Å². The molecule has 1 saturated heterocycles. The Kier molecular flexibility index (Phi) is 4.67. The molecule has 0 radical (unpaired) electrons. The van der Waals surface area contributed by atoms with E-state index in [9.17, 15) is 0 Å². The molecule has 2 heterocycles. The third-order valence-corrected chi connectivity index (χ3v) is 4.18. The van der Waals surface area contributed by atoms with E-state index in [1.54, 1.807) is 6.33 Å². The van der Waals surface area contributed by atoms with Crippen LogP contribution in [0, 0.1) is 0 Å². The quantitative estimate of drug-likeness (QED) is 0.920. The first-order chi connectivity index (χ1) is 10.3. The van der Waals surface area contributed by atoms with Gasteiger partial charge < -0.3 is 15.0 Å². The van der Waals surface area contributed by atoms with E-state index in [1.807, 2.05) is 24.3 Å². The zero-order valence-corrected chi connectivity index (χ0v) is 13.2. The van der Waals surface area contributed by atoms with Gasteiger partial charge in [0.2, 0.25) is 0 Å². The highest BCUT2D eigenvalue weighted by Gasteiger charge is 2.12. The highest BCUT2D eigenvalue weighted by atomic mass is 79.9. The molecule has 1 aromatic carbocycles. The van der Waals surface area contributed by atoms with Crippen molar-refractivity contribution in [1.82, 2.24) is 9.97 Å². The molecule has 0 unspecified atom stereocenters. The molecule has 1 aromatic heterocycles. The highest BCUT2D eigenvalue weighted by Crippen LogP contribution is 2.19. The van der Waals surface area contributed by atoms with Crippen molar-refractivity contribution in [3.8, 4) is 0 Å². The van der Waals surface area contributed by atoms with Crippen molar-refractivity contribution in [3.05, 3.63) is 46.7 Å². The third-order valence-electron chi connectivity index (χ3n) is 3.41. The van der Waals surface area contributed by atoms with Crippen LogP contribution in [0.5, 0.6) is 0 Å². The second kappa shape index (κ2) is 6.87. The van der Waals surface area contributed by atoms with Crippen LogP contribution >= 0.6 is 15.9 Å².